The van der Waals surface area contributed by atoms with Gasteiger partial charge in [0.2, 0.25) is 11.8 Å². The minimum Gasteiger partial charge on any atom is -0.473 e. The number of benzene rings is 1. The van der Waals surface area contributed by atoms with Gasteiger partial charge in [0.15, 0.2) is 0 Å². The van der Waals surface area contributed by atoms with E-state index >= 15 is 0 Å². The van der Waals surface area contributed by atoms with Gasteiger partial charge in [-0.1, -0.05) is 6.07 Å². The average Bonchev–Trinajstić information content (AvgIpc) is 2.70. The van der Waals surface area contributed by atoms with Gasteiger partial charge in [-0.2, -0.15) is 0 Å². The number of hydrogen-bond donors (Lipinski definition) is 0. The van der Waals surface area contributed by atoms with E-state index in [2.05, 4.69) is 9.97 Å². The fraction of sp³-hybridized carbons (Fsp3) is 0.261. The fourth-order valence-electron chi connectivity index (χ4n) is 3.61. The standard InChI is InChI=1S/C23H22FN3O2/c1-14-5-4-6-22(26-14)29-13-17-11-25-12-19(15(17)2)18-9-16-7-8-23(28)27(3)21(16)10-20(18)24/h4-6,9-12H,7-8,13H2,1-3H3. The number of pyridine rings is 2. The normalized spacial score (nSPS) is 13.4. The summed E-state index contributed by atoms with van der Waals surface area (Å²) in [5, 5.41) is 0. The molecule has 0 spiro atoms. The number of carbonyl (C=O) groups is 1. The summed E-state index contributed by atoms with van der Waals surface area (Å²) in [6.45, 7) is 4.14. The molecule has 0 saturated heterocycles. The van der Waals surface area contributed by atoms with Crippen LogP contribution in [-0.2, 0) is 17.8 Å². The number of aryl methyl sites for hydroxylation is 2. The average molecular weight is 391 g/mol. The van der Waals surface area contributed by atoms with Gasteiger partial charge in [0.25, 0.3) is 0 Å². The second kappa shape index (κ2) is 7.62. The molecule has 1 amide bonds. The lowest BCUT2D eigenvalue weighted by Gasteiger charge is -2.26. The van der Waals surface area contributed by atoms with Crippen LogP contribution in [0.3, 0.4) is 0 Å². The van der Waals surface area contributed by atoms with Crippen LogP contribution in [0.2, 0.25) is 0 Å². The zero-order valence-electron chi connectivity index (χ0n) is 16.7. The Balaban J connectivity index is 1.66. The molecule has 1 aliphatic heterocycles. The molecule has 1 aromatic carbocycles. The van der Waals surface area contributed by atoms with E-state index in [9.17, 15) is 9.18 Å². The lowest BCUT2D eigenvalue weighted by Crippen LogP contribution is -2.31. The zero-order chi connectivity index (χ0) is 20.5. The number of amides is 1. The Morgan fingerprint density at radius 1 is 1.14 bits per heavy atom. The maximum absolute atomic E-state index is 15.0. The predicted octanol–water partition coefficient (Wildman–Crippen LogP) is 4.39. The largest absolute Gasteiger partial charge is 0.473 e. The monoisotopic (exact) mass is 391 g/mol. The molecule has 0 aliphatic carbocycles. The minimum atomic E-state index is -0.367. The van der Waals surface area contributed by atoms with Gasteiger partial charge in [-0.3, -0.25) is 9.78 Å². The predicted molar refractivity (Wildman–Crippen MR) is 109 cm³/mol. The van der Waals surface area contributed by atoms with Crippen LogP contribution in [0.5, 0.6) is 5.88 Å². The molecule has 3 aromatic rings. The number of ether oxygens (including phenoxy) is 1. The summed E-state index contributed by atoms with van der Waals surface area (Å²) in [6, 6.07) is 8.89. The molecule has 29 heavy (non-hydrogen) atoms. The van der Waals surface area contributed by atoms with E-state index in [-0.39, 0.29) is 11.7 Å². The summed E-state index contributed by atoms with van der Waals surface area (Å²) < 4.78 is 20.8. The molecule has 6 heteroatoms. The van der Waals surface area contributed by atoms with Crippen molar-refractivity contribution in [1.82, 2.24) is 9.97 Å². The molecule has 4 rings (SSSR count). The molecular formula is C23H22FN3O2. The van der Waals surface area contributed by atoms with Crippen molar-refractivity contribution >= 4 is 11.6 Å². The third-order valence-corrected chi connectivity index (χ3v) is 5.36. The third-order valence-electron chi connectivity index (χ3n) is 5.36. The van der Waals surface area contributed by atoms with E-state index < -0.39 is 0 Å². The highest BCUT2D eigenvalue weighted by molar-refractivity contribution is 5.96. The topological polar surface area (TPSA) is 55.3 Å². The SMILES string of the molecule is Cc1cccc(OCc2cncc(-c3cc4c(cc3F)N(C)C(=O)CC4)c2C)n1. The van der Waals surface area contributed by atoms with Crippen molar-refractivity contribution in [2.24, 2.45) is 0 Å². The van der Waals surface area contributed by atoms with Crippen molar-refractivity contribution in [2.75, 3.05) is 11.9 Å². The number of anilines is 1. The minimum absolute atomic E-state index is 0.00593. The van der Waals surface area contributed by atoms with Crippen molar-refractivity contribution < 1.29 is 13.9 Å². The highest BCUT2D eigenvalue weighted by Crippen LogP contribution is 2.35. The van der Waals surface area contributed by atoms with E-state index in [4.69, 9.17) is 4.74 Å². The number of hydrogen-bond acceptors (Lipinski definition) is 4. The quantitative estimate of drug-likeness (QED) is 0.662. The van der Waals surface area contributed by atoms with E-state index in [1.54, 1.807) is 25.5 Å². The molecule has 0 N–H and O–H groups in total. The van der Waals surface area contributed by atoms with Gasteiger partial charge in [-0.15, -0.1) is 0 Å². The van der Waals surface area contributed by atoms with Crippen LogP contribution < -0.4 is 9.64 Å². The Kier molecular flexibility index (Phi) is 5.01. The fourth-order valence-corrected chi connectivity index (χ4v) is 3.61. The molecule has 1 aliphatic rings. The summed E-state index contributed by atoms with van der Waals surface area (Å²) in [5.41, 5.74) is 5.48. The first-order valence-electron chi connectivity index (χ1n) is 9.53. The first-order valence-corrected chi connectivity index (χ1v) is 9.53. The molecule has 0 bridgehead atoms. The van der Waals surface area contributed by atoms with Crippen molar-refractivity contribution in [1.29, 1.82) is 0 Å². The maximum Gasteiger partial charge on any atom is 0.227 e. The molecule has 148 valence electrons. The second-order valence-corrected chi connectivity index (χ2v) is 7.29. The van der Waals surface area contributed by atoms with Gasteiger partial charge in [-0.25, -0.2) is 9.37 Å². The van der Waals surface area contributed by atoms with Crippen LogP contribution in [0.15, 0.2) is 42.7 Å². The summed E-state index contributed by atoms with van der Waals surface area (Å²) in [4.78, 5) is 22.1. The van der Waals surface area contributed by atoms with Gasteiger partial charge < -0.3 is 9.64 Å². The third kappa shape index (κ3) is 3.70. The number of carbonyl (C=O) groups excluding carboxylic acids is 1. The number of halogens is 1. The molecular weight excluding hydrogens is 369 g/mol. The van der Waals surface area contributed by atoms with Crippen LogP contribution in [0, 0.1) is 19.7 Å². The highest BCUT2D eigenvalue weighted by Gasteiger charge is 2.24. The summed E-state index contributed by atoms with van der Waals surface area (Å²) in [6.07, 6.45) is 4.45. The molecule has 0 fully saturated rings. The Labute approximate surface area is 169 Å². The molecule has 0 saturated carbocycles. The van der Waals surface area contributed by atoms with Crippen LogP contribution in [0.25, 0.3) is 11.1 Å². The second-order valence-electron chi connectivity index (χ2n) is 7.29. The lowest BCUT2D eigenvalue weighted by molar-refractivity contribution is -0.118. The Bertz CT molecular complexity index is 1100. The van der Waals surface area contributed by atoms with Crippen molar-refractivity contribution in [2.45, 2.75) is 33.3 Å². The van der Waals surface area contributed by atoms with Crippen molar-refractivity contribution in [3.8, 4) is 17.0 Å². The summed E-state index contributed by atoms with van der Waals surface area (Å²) in [5.74, 6) is 0.183. The Hall–Kier alpha value is -3.28. The van der Waals surface area contributed by atoms with Crippen LogP contribution in [0.4, 0.5) is 10.1 Å². The number of fused-ring (bicyclic) bond motifs is 1. The van der Waals surface area contributed by atoms with E-state index in [0.717, 1.165) is 27.9 Å². The van der Waals surface area contributed by atoms with Gasteiger partial charge >= 0.3 is 0 Å². The summed E-state index contributed by atoms with van der Waals surface area (Å²) in [7, 11) is 1.68. The summed E-state index contributed by atoms with van der Waals surface area (Å²) >= 11 is 0. The smallest absolute Gasteiger partial charge is 0.227 e. The number of nitrogens with zero attached hydrogens (tertiary/aromatic N) is 3. The van der Waals surface area contributed by atoms with Crippen molar-refractivity contribution in [3.05, 3.63) is 70.9 Å². The van der Waals surface area contributed by atoms with E-state index in [1.807, 2.05) is 32.0 Å². The Morgan fingerprint density at radius 2 is 1.97 bits per heavy atom. The molecule has 0 unspecified atom stereocenters. The number of aromatic nitrogens is 2. The first-order chi connectivity index (χ1) is 13.9. The van der Waals surface area contributed by atoms with Gasteiger partial charge in [0, 0.05) is 60.0 Å². The lowest BCUT2D eigenvalue weighted by atomic mass is 9.93. The maximum atomic E-state index is 15.0. The van der Waals surface area contributed by atoms with Crippen LogP contribution in [-0.4, -0.2) is 22.9 Å². The highest BCUT2D eigenvalue weighted by atomic mass is 19.1. The molecule has 0 atom stereocenters. The van der Waals surface area contributed by atoms with Crippen LogP contribution in [0.1, 0.15) is 28.8 Å². The zero-order valence-corrected chi connectivity index (χ0v) is 16.7. The molecule has 3 heterocycles. The Morgan fingerprint density at radius 3 is 2.76 bits per heavy atom. The molecule has 0 radical (unpaired) electrons. The van der Waals surface area contributed by atoms with Gasteiger partial charge in [0.05, 0.1) is 0 Å². The molecule has 5 nitrogen and oxygen atoms in total. The molecule has 2 aromatic heterocycles. The van der Waals surface area contributed by atoms with Gasteiger partial charge in [-0.05, 0) is 49.6 Å². The van der Waals surface area contributed by atoms with Crippen LogP contribution >= 0.6 is 0 Å². The van der Waals surface area contributed by atoms with E-state index in [1.165, 1.54) is 11.0 Å². The number of rotatable bonds is 4. The van der Waals surface area contributed by atoms with Crippen molar-refractivity contribution in [3.63, 3.8) is 0 Å². The first kappa shape index (κ1) is 19.1. The van der Waals surface area contributed by atoms with E-state index in [0.29, 0.717) is 36.6 Å². The van der Waals surface area contributed by atoms with Gasteiger partial charge in [0.1, 0.15) is 12.4 Å².